The van der Waals surface area contributed by atoms with Gasteiger partial charge in [-0.3, -0.25) is 0 Å². The first kappa shape index (κ1) is 22.8. The molecule has 0 bridgehead atoms. The molecule has 0 atom stereocenters. The van der Waals surface area contributed by atoms with Gasteiger partial charge < -0.3 is 9.80 Å². The zero-order chi connectivity index (χ0) is 25.1. The van der Waals surface area contributed by atoms with Gasteiger partial charge >= 0.3 is 0 Å². The minimum Gasteiger partial charge on any atom is -0.376 e. The minimum atomic E-state index is 0.670. The Hall–Kier alpha value is -3.60. The molecule has 0 radical (unpaired) electrons. The van der Waals surface area contributed by atoms with E-state index in [9.17, 15) is 0 Å². The first-order chi connectivity index (χ1) is 17.4. The van der Waals surface area contributed by atoms with Crippen LogP contribution < -0.4 is 9.80 Å². The number of anilines is 2. The molecule has 5 aromatic rings. The van der Waals surface area contributed by atoms with E-state index in [1.807, 2.05) is 64.6 Å². The van der Waals surface area contributed by atoms with Gasteiger partial charge in [0.15, 0.2) is 0 Å². The maximum absolute atomic E-state index is 7.02. The van der Waals surface area contributed by atoms with Crippen molar-refractivity contribution in [1.82, 2.24) is 10.2 Å². The molecule has 0 amide bonds. The maximum Gasteiger partial charge on any atom is 0.101 e. The number of rotatable bonds is 4. The molecule has 0 N–H and O–H groups in total. The Morgan fingerprint density at radius 1 is 0.556 bits per heavy atom. The smallest absolute Gasteiger partial charge is 0.101 e. The highest BCUT2D eigenvalue weighted by atomic mass is 35.5. The fourth-order valence-electron chi connectivity index (χ4n) is 5.36. The first-order valence-electron chi connectivity index (χ1n) is 11.7. The third-order valence-electron chi connectivity index (χ3n) is 6.76. The van der Waals surface area contributed by atoms with Gasteiger partial charge in [-0.15, -0.1) is 10.2 Å². The van der Waals surface area contributed by atoms with E-state index in [4.69, 9.17) is 33.4 Å². The van der Waals surface area contributed by atoms with Crippen molar-refractivity contribution in [1.29, 1.82) is 0 Å². The maximum atomic E-state index is 7.02. The highest BCUT2D eigenvalue weighted by Crippen LogP contribution is 2.58. The fraction of sp³-hybridized carbons (Fsp3) is 0.133. The Labute approximate surface area is 220 Å². The number of benzene rings is 4. The lowest BCUT2D eigenvalue weighted by molar-refractivity contribution is 1.05. The number of hydrogen-bond acceptors (Lipinski definition) is 4. The Bertz CT molecular complexity index is 1530. The number of halogens is 2. The van der Waals surface area contributed by atoms with Crippen LogP contribution in [0.3, 0.4) is 0 Å². The fourth-order valence-corrected chi connectivity index (χ4v) is 6.11. The van der Waals surface area contributed by atoms with Crippen LogP contribution in [0.2, 0.25) is 10.0 Å². The summed E-state index contributed by atoms with van der Waals surface area (Å²) in [6, 6.07) is 24.5. The van der Waals surface area contributed by atoms with Gasteiger partial charge in [-0.2, -0.15) is 0 Å². The quantitative estimate of drug-likeness (QED) is 0.240. The lowest BCUT2D eigenvalue weighted by atomic mass is 9.95. The van der Waals surface area contributed by atoms with Crippen molar-refractivity contribution in [3.8, 4) is 44.8 Å². The van der Waals surface area contributed by atoms with Crippen LogP contribution in [0.4, 0.5) is 11.4 Å². The van der Waals surface area contributed by atoms with Crippen LogP contribution in [0.5, 0.6) is 0 Å². The molecule has 6 heteroatoms. The van der Waals surface area contributed by atoms with Crippen molar-refractivity contribution in [2.75, 3.05) is 38.0 Å². The van der Waals surface area contributed by atoms with E-state index in [1.54, 1.807) is 0 Å². The van der Waals surface area contributed by atoms with Crippen LogP contribution in [0.1, 0.15) is 0 Å². The Morgan fingerprint density at radius 3 is 1.31 bits per heavy atom. The molecule has 4 nitrogen and oxygen atoms in total. The van der Waals surface area contributed by atoms with Crippen LogP contribution >= 0.6 is 23.2 Å². The van der Waals surface area contributed by atoms with E-state index in [1.165, 1.54) is 0 Å². The number of nitrogens with zero attached hydrogens (tertiary/aromatic N) is 4. The highest BCUT2D eigenvalue weighted by molar-refractivity contribution is 6.41. The van der Waals surface area contributed by atoms with Crippen molar-refractivity contribution >= 4 is 45.3 Å². The van der Waals surface area contributed by atoms with Gasteiger partial charge in [0.25, 0.3) is 0 Å². The summed E-state index contributed by atoms with van der Waals surface area (Å²) in [6.45, 7) is 0. The number of aromatic nitrogens is 2. The standard InChI is InChI=1S/C30H24Cl2N4/c1-35(2)29-21(31)15-19-23-20(16-22(32)30(26(23)29)36(3)4)25-24(19)27(17-11-7-5-8-12-17)33-34-28(25)18-13-9-6-10-14-18/h5-16H,1-4H3. The van der Waals surface area contributed by atoms with Gasteiger partial charge in [0.1, 0.15) is 11.4 Å². The summed E-state index contributed by atoms with van der Waals surface area (Å²) in [5.74, 6) is 0. The summed E-state index contributed by atoms with van der Waals surface area (Å²) < 4.78 is 0. The van der Waals surface area contributed by atoms with Crippen molar-refractivity contribution in [2.45, 2.75) is 0 Å². The topological polar surface area (TPSA) is 32.3 Å². The largest absolute Gasteiger partial charge is 0.376 e. The molecule has 0 aliphatic heterocycles. The molecule has 36 heavy (non-hydrogen) atoms. The van der Waals surface area contributed by atoms with Crippen molar-refractivity contribution in [3.63, 3.8) is 0 Å². The van der Waals surface area contributed by atoms with Crippen molar-refractivity contribution in [3.05, 3.63) is 82.8 Å². The molecule has 1 aliphatic carbocycles. The molecule has 1 heterocycles. The average molecular weight is 511 g/mol. The van der Waals surface area contributed by atoms with E-state index in [0.29, 0.717) is 10.0 Å². The third-order valence-corrected chi connectivity index (χ3v) is 7.33. The van der Waals surface area contributed by atoms with Crippen LogP contribution in [-0.4, -0.2) is 38.4 Å². The van der Waals surface area contributed by atoms with Crippen molar-refractivity contribution in [2.24, 2.45) is 0 Å². The van der Waals surface area contributed by atoms with Crippen LogP contribution in [-0.2, 0) is 0 Å². The molecular weight excluding hydrogens is 487 g/mol. The van der Waals surface area contributed by atoms with Gasteiger partial charge in [0.2, 0.25) is 0 Å². The molecular formula is C30H24Cl2N4. The van der Waals surface area contributed by atoms with Crippen LogP contribution in [0.15, 0.2) is 72.8 Å². The molecule has 1 aliphatic rings. The second-order valence-corrected chi connectivity index (χ2v) is 10.2. The van der Waals surface area contributed by atoms with E-state index < -0.39 is 0 Å². The Balaban J connectivity index is 1.84. The van der Waals surface area contributed by atoms with E-state index in [-0.39, 0.29) is 0 Å². The summed E-state index contributed by atoms with van der Waals surface area (Å²) in [6.07, 6.45) is 0. The van der Waals surface area contributed by atoms with Crippen LogP contribution in [0, 0.1) is 0 Å². The third kappa shape index (κ3) is 3.29. The highest BCUT2D eigenvalue weighted by Gasteiger charge is 2.34. The lowest BCUT2D eigenvalue weighted by Crippen LogP contribution is -2.14. The monoisotopic (exact) mass is 510 g/mol. The van der Waals surface area contributed by atoms with Gasteiger partial charge in [0, 0.05) is 61.2 Å². The molecule has 0 saturated carbocycles. The molecule has 0 fully saturated rings. The number of fused-ring (bicyclic) bond motifs is 3. The Kier molecular flexibility index (Phi) is 5.40. The zero-order valence-electron chi connectivity index (χ0n) is 20.5. The predicted octanol–water partition coefficient (Wildman–Crippen LogP) is 8.05. The summed E-state index contributed by atoms with van der Waals surface area (Å²) >= 11 is 14.0. The second kappa shape index (κ2) is 8.51. The van der Waals surface area contributed by atoms with E-state index in [2.05, 4.69) is 46.2 Å². The first-order valence-corrected chi connectivity index (χ1v) is 12.5. The Morgan fingerprint density at radius 2 is 0.944 bits per heavy atom. The summed E-state index contributed by atoms with van der Waals surface area (Å²) in [7, 11) is 8.05. The molecule has 1 aromatic heterocycles. The predicted molar refractivity (Wildman–Crippen MR) is 154 cm³/mol. The molecule has 178 valence electrons. The summed E-state index contributed by atoms with van der Waals surface area (Å²) in [5, 5.41) is 13.1. The lowest BCUT2D eigenvalue weighted by Gasteiger charge is -2.25. The van der Waals surface area contributed by atoms with Gasteiger partial charge in [-0.25, -0.2) is 0 Å². The minimum absolute atomic E-state index is 0.670. The molecule has 0 unspecified atom stereocenters. The molecule has 4 aromatic carbocycles. The number of hydrogen-bond donors (Lipinski definition) is 0. The second-order valence-electron chi connectivity index (χ2n) is 9.43. The van der Waals surface area contributed by atoms with Gasteiger partial charge in [-0.05, 0) is 23.3 Å². The summed E-state index contributed by atoms with van der Waals surface area (Å²) in [5.41, 5.74) is 9.74. The average Bonchev–Trinajstić information content (AvgIpc) is 3.18. The molecule has 0 spiro atoms. The van der Waals surface area contributed by atoms with Crippen molar-refractivity contribution < 1.29 is 0 Å². The SMILES string of the molecule is CN(C)c1c(Cl)cc2c3c(cc(Cl)c(N(C)C)c13)-c1c(-c3ccccc3)nnc(-c3ccccc3)c1-2. The summed E-state index contributed by atoms with van der Waals surface area (Å²) in [4.78, 5) is 4.12. The van der Waals surface area contributed by atoms with Gasteiger partial charge in [0.05, 0.1) is 21.4 Å². The van der Waals surface area contributed by atoms with Crippen LogP contribution in [0.25, 0.3) is 55.5 Å². The molecule has 0 saturated heterocycles. The zero-order valence-corrected chi connectivity index (χ0v) is 22.0. The van der Waals surface area contributed by atoms with Gasteiger partial charge in [-0.1, -0.05) is 83.9 Å². The molecule has 6 rings (SSSR count). The van der Waals surface area contributed by atoms with E-state index >= 15 is 0 Å². The normalized spacial score (nSPS) is 11.6. The van der Waals surface area contributed by atoms with E-state index in [0.717, 1.165) is 66.9 Å².